The van der Waals surface area contributed by atoms with Crippen molar-refractivity contribution < 1.29 is 9.53 Å². The first-order chi connectivity index (χ1) is 10.1. The summed E-state index contributed by atoms with van der Waals surface area (Å²) in [6, 6.07) is 0.518. The van der Waals surface area contributed by atoms with Crippen molar-refractivity contribution in [2.75, 3.05) is 25.5 Å². The lowest BCUT2D eigenvalue weighted by Crippen LogP contribution is -2.29. The largest absolute Gasteiger partial charge is 0.468 e. The summed E-state index contributed by atoms with van der Waals surface area (Å²) in [5.41, 5.74) is -0.0214. The molecule has 1 atom stereocenters. The third-order valence-corrected chi connectivity index (χ3v) is 3.83. The maximum absolute atomic E-state index is 12.0. The first-order valence-corrected chi connectivity index (χ1v) is 7.29. The lowest BCUT2D eigenvalue weighted by atomic mass is 10.1. The Hall–Kier alpha value is -1.60. The molecule has 1 aliphatic rings. The number of carbonyl (C=O) groups is 1. The van der Waals surface area contributed by atoms with Gasteiger partial charge in [-0.05, 0) is 25.8 Å². The molecule has 1 aliphatic heterocycles. The summed E-state index contributed by atoms with van der Waals surface area (Å²) in [7, 11) is 1.25. The van der Waals surface area contributed by atoms with E-state index in [-0.39, 0.29) is 11.6 Å². The zero-order valence-corrected chi connectivity index (χ0v) is 12.7. The first-order valence-electron chi connectivity index (χ1n) is 6.91. The van der Waals surface area contributed by atoms with Gasteiger partial charge in [0.2, 0.25) is 0 Å². The fraction of sp³-hybridized carbons (Fsp3) is 0.615. The summed E-state index contributed by atoms with van der Waals surface area (Å²) >= 11 is 6.02. The second-order valence-electron chi connectivity index (χ2n) is 4.92. The Morgan fingerprint density at radius 2 is 2.48 bits per heavy atom. The highest BCUT2D eigenvalue weighted by Crippen LogP contribution is 2.16. The lowest BCUT2D eigenvalue weighted by molar-refractivity contribution is -0.141. The van der Waals surface area contributed by atoms with Crippen LogP contribution in [0.5, 0.6) is 0 Å². The normalized spacial score (nSPS) is 17.7. The molecule has 7 nitrogen and oxygen atoms in total. The number of methoxy groups -OCH3 is 1. The van der Waals surface area contributed by atoms with Gasteiger partial charge >= 0.3 is 5.97 Å². The van der Waals surface area contributed by atoms with Crippen LogP contribution in [0.4, 0.5) is 5.69 Å². The van der Waals surface area contributed by atoms with Gasteiger partial charge in [-0.15, -0.1) is 0 Å². The Kier molecular flexibility index (Phi) is 5.58. The molecule has 1 unspecified atom stereocenters. The molecule has 2 heterocycles. The Morgan fingerprint density at radius 1 is 1.67 bits per heavy atom. The number of halogens is 1. The maximum Gasteiger partial charge on any atom is 0.327 e. The molecule has 1 aromatic heterocycles. The highest BCUT2D eigenvalue weighted by Gasteiger charge is 2.15. The first kappa shape index (κ1) is 15.8. The molecule has 0 spiro atoms. The minimum atomic E-state index is -0.548. The number of carbonyl (C=O) groups excluding carboxylic acids is 1. The molecule has 0 bridgehead atoms. The number of nitrogens with one attached hydrogen (secondary N) is 2. The Morgan fingerprint density at radius 3 is 3.14 bits per heavy atom. The monoisotopic (exact) mass is 314 g/mol. The molecule has 1 aromatic rings. The SMILES string of the molecule is COC(=O)Cn1ncc(NCCC2CCCN2)c(Cl)c1=O. The van der Waals surface area contributed by atoms with Crippen LogP contribution in [0.2, 0.25) is 5.02 Å². The van der Waals surface area contributed by atoms with Crippen LogP contribution in [0.25, 0.3) is 0 Å². The standard InChI is InChI=1S/C13H19ClN4O3/c1-21-11(19)8-18-13(20)12(14)10(7-17-18)16-6-4-9-3-2-5-15-9/h7,9,15-16H,2-6,8H2,1H3. The number of nitrogens with zero attached hydrogens (tertiary/aromatic N) is 2. The third kappa shape index (κ3) is 4.18. The lowest BCUT2D eigenvalue weighted by Gasteiger charge is -2.12. The molecule has 0 saturated carbocycles. The van der Waals surface area contributed by atoms with Crippen LogP contribution < -0.4 is 16.2 Å². The Bertz CT molecular complexity index is 555. The Balaban J connectivity index is 1.95. The van der Waals surface area contributed by atoms with Crippen molar-refractivity contribution in [3.8, 4) is 0 Å². The van der Waals surface area contributed by atoms with Gasteiger partial charge in [0.15, 0.2) is 0 Å². The topological polar surface area (TPSA) is 85.2 Å². The van der Waals surface area contributed by atoms with Gasteiger partial charge in [-0.3, -0.25) is 9.59 Å². The van der Waals surface area contributed by atoms with E-state index in [0.29, 0.717) is 18.3 Å². The number of aromatic nitrogens is 2. The molecule has 8 heteroatoms. The van der Waals surface area contributed by atoms with Gasteiger partial charge in [-0.25, -0.2) is 4.68 Å². The summed E-state index contributed by atoms with van der Waals surface area (Å²) in [5.74, 6) is -0.548. The van der Waals surface area contributed by atoms with Gasteiger partial charge in [-0.2, -0.15) is 5.10 Å². The zero-order chi connectivity index (χ0) is 15.2. The highest BCUT2D eigenvalue weighted by atomic mass is 35.5. The summed E-state index contributed by atoms with van der Waals surface area (Å²) in [6.07, 6.45) is 4.79. The van der Waals surface area contributed by atoms with Crippen LogP contribution in [0.1, 0.15) is 19.3 Å². The van der Waals surface area contributed by atoms with Crippen molar-refractivity contribution in [2.45, 2.75) is 31.8 Å². The number of esters is 1. The van der Waals surface area contributed by atoms with Crippen molar-refractivity contribution in [3.05, 3.63) is 21.6 Å². The summed E-state index contributed by atoms with van der Waals surface area (Å²) < 4.78 is 5.48. The average molecular weight is 315 g/mol. The van der Waals surface area contributed by atoms with Crippen molar-refractivity contribution in [3.63, 3.8) is 0 Å². The molecule has 116 valence electrons. The number of hydrogen-bond donors (Lipinski definition) is 2. The van der Waals surface area contributed by atoms with Gasteiger partial charge < -0.3 is 15.4 Å². The van der Waals surface area contributed by atoms with Gasteiger partial charge in [0, 0.05) is 12.6 Å². The second-order valence-corrected chi connectivity index (χ2v) is 5.30. The van der Waals surface area contributed by atoms with E-state index < -0.39 is 11.5 Å². The van der Waals surface area contributed by atoms with E-state index in [9.17, 15) is 9.59 Å². The zero-order valence-electron chi connectivity index (χ0n) is 11.9. The molecular formula is C13H19ClN4O3. The molecule has 0 aromatic carbocycles. The predicted molar refractivity (Wildman–Crippen MR) is 79.7 cm³/mol. The molecule has 1 saturated heterocycles. The van der Waals surface area contributed by atoms with Gasteiger partial charge in [0.05, 0.1) is 19.0 Å². The number of rotatable bonds is 6. The molecule has 21 heavy (non-hydrogen) atoms. The smallest absolute Gasteiger partial charge is 0.327 e. The van der Waals surface area contributed by atoms with Crippen LogP contribution in [-0.2, 0) is 16.1 Å². The van der Waals surface area contributed by atoms with Gasteiger partial charge in [-0.1, -0.05) is 11.6 Å². The molecule has 0 amide bonds. The van der Waals surface area contributed by atoms with E-state index in [4.69, 9.17) is 11.6 Å². The molecule has 0 radical (unpaired) electrons. The summed E-state index contributed by atoms with van der Waals surface area (Å²) in [4.78, 5) is 23.1. The molecule has 2 N–H and O–H groups in total. The minimum Gasteiger partial charge on any atom is -0.468 e. The van der Waals surface area contributed by atoms with E-state index in [0.717, 1.165) is 17.6 Å². The van der Waals surface area contributed by atoms with Gasteiger partial charge in [0.1, 0.15) is 11.6 Å². The van der Waals surface area contributed by atoms with Crippen LogP contribution in [0, 0.1) is 0 Å². The number of hydrogen-bond acceptors (Lipinski definition) is 6. The van der Waals surface area contributed by atoms with E-state index in [1.807, 2.05) is 0 Å². The summed E-state index contributed by atoms with van der Waals surface area (Å²) in [5, 5.41) is 10.5. The van der Waals surface area contributed by atoms with Crippen molar-refractivity contribution in [2.24, 2.45) is 0 Å². The number of anilines is 1. The molecule has 0 aliphatic carbocycles. The van der Waals surface area contributed by atoms with Crippen molar-refractivity contribution in [1.82, 2.24) is 15.1 Å². The molecule has 2 rings (SSSR count). The minimum absolute atomic E-state index is 0.0354. The van der Waals surface area contributed by atoms with E-state index >= 15 is 0 Å². The van der Waals surface area contributed by atoms with E-state index in [1.54, 1.807) is 0 Å². The van der Waals surface area contributed by atoms with Crippen molar-refractivity contribution in [1.29, 1.82) is 0 Å². The van der Waals surface area contributed by atoms with E-state index in [1.165, 1.54) is 26.1 Å². The van der Waals surface area contributed by atoms with Crippen molar-refractivity contribution >= 4 is 23.3 Å². The maximum atomic E-state index is 12.0. The van der Waals surface area contributed by atoms with Crippen LogP contribution in [0.3, 0.4) is 0 Å². The Labute approximate surface area is 127 Å². The van der Waals surface area contributed by atoms with Crippen LogP contribution in [0.15, 0.2) is 11.0 Å². The number of ether oxygens (including phenoxy) is 1. The average Bonchev–Trinajstić information content (AvgIpc) is 2.99. The van der Waals surface area contributed by atoms with Gasteiger partial charge in [0.25, 0.3) is 5.56 Å². The predicted octanol–water partition coefficient (Wildman–Crippen LogP) is 0.624. The fourth-order valence-corrected chi connectivity index (χ4v) is 2.49. The molecular weight excluding hydrogens is 296 g/mol. The van der Waals surface area contributed by atoms with E-state index in [2.05, 4.69) is 20.5 Å². The van der Waals surface area contributed by atoms with Crippen LogP contribution in [-0.4, -0.2) is 42.0 Å². The second kappa shape index (κ2) is 7.42. The third-order valence-electron chi connectivity index (χ3n) is 3.46. The quantitative estimate of drug-likeness (QED) is 0.749. The summed E-state index contributed by atoms with van der Waals surface area (Å²) in [6.45, 7) is 1.53. The fourth-order valence-electron chi connectivity index (χ4n) is 2.27. The highest BCUT2D eigenvalue weighted by molar-refractivity contribution is 6.32. The van der Waals surface area contributed by atoms with Crippen LogP contribution >= 0.6 is 11.6 Å². The molecule has 1 fully saturated rings.